The fourth-order valence-corrected chi connectivity index (χ4v) is 1.82. The molecule has 0 aromatic carbocycles. The number of likely N-dealkylation sites (tertiary alicyclic amines) is 1. The second-order valence-corrected chi connectivity index (χ2v) is 4.11. The van der Waals surface area contributed by atoms with Gasteiger partial charge in [0.2, 0.25) is 5.91 Å². The van der Waals surface area contributed by atoms with Crippen LogP contribution in [0, 0.1) is 0 Å². The molecule has 17 heavy (non-hydrogen) atoms. The van der Waals surface area contributed by atoms with Crippen LogP contribution in [0.2, 0.25) is 0 Å². The van der Waals surface area contributed by atoms with Gasteiger partial charge in [0.15, 0.2) is 0 Å². The molecule has 0 aromatic rings. The number of ketones is 1. The van der Waals surface area contributed by atoms with E-state index in [0.717, 1.165) is 19.4 Å². The highest BCUT2D eigenvalue weighted by atomic mass is 16.5. The van der Waals surface area contributed by atoms with Crippen molar-refractivity contribution in [2.75, 3.05) is 19.7 Å². The topological polar surface area (TPSA) is 63.7 Å². The largest absolute Gasteiger partial charge is 0.466 e. The van der Waals surface area contributed by atoms with E-state index < -0.39 is 5.97 Å². The summed E-state index contributed by atoms with van der Waals surface area (Å²) in [6, 6.07) is 0. The quantitative estimate of drug-likeness (QED) is 0.512. The van der Waals surface area contributed by atoms with Crippen LogP contribution in [0.4, 0.5) is 0 Å². The Balaban J connectivity index is 2.23. The normalized spacial score (nSPS) is 15.8. The zero-order valence-corrected chi connectivity index (χ0v) is 10.2. The second-order valence-electron chi connectivity index (χ2n) is 4.11. The van der Waals surface area contributed by atoms with Crippen LogP contribution in [0.3, 0.4) is 0 Å². The monoisotopic (exact) mass is 241 g/mol. The number of carbonyl (C=O) groups excluding carboxylic acids is 3. The lowest BCUT2D eigenvalue weighted by Gasteiger charge is -2.26. The van der Waals surface area contributed by atoms with Gasteiger partial charge in [0.1, 0.15) is 12.2 Å². The maximum absolute atomic E-state index is 11.5. The molecule has 1 amide bonds. The Hall–Kier alpha value is -1.39. The van der Waals surface area contributed by atoms with Crippen LogP contribution < -0.4 is 0 Å². The van der Waals surface area contributed by atoms with Crippen molar-refractivity contribution in [1.82, 2.24) is 4.90 Å². The molecule has 0 aliphatic carbocycles. The van der Waals surface area contributed by atoms with Crippen LogP contribution in [0.5, 0.6) is 0 Å². The average molecular weight is 241 g/mol. The Labute approximate surface area is 101 Å². The number of piperidine rings is 1. The van der Waals surface area contributed by atoms with Crippen LogP contribution in [0.25, 0.3) is 0 Å². The predicted octanol–water partition coefficient (Wildman–Crippen LogP) is 0.911. The molecule has 0 atom stereocenters. The van der Waals surface area contributed by atoms with E-state index in [1.165, 1.54) is 0 Å². The Kier molecular flexibility index (Phi) is 5.66. The second kappa shape index (κ2) is 7.04. The number of esters is 1. The molecule has 0 bridgehead atoms. The molecular formula is C12H19NO4. The van der Waals surface area contributed by atoms with E-state index in [9.17, 15) is 14.4 Å². The number of Topliss-reactive ketones (excluding diaryl/α,β-unsaturated/α-hetero) is 1. The van der Waals surface area contributed by atoms with Crippen LogP contribution >= 0.6 is 0 Å². The summed E-state index contributed by atoms with van der Waals surface area (Å²) >= 11 is 0. The highest BCUT2D eigenvalue weighted by molar-refractivity contribution is 5.95. The fourth-order valence-electron chi connectivity index (χ4n) is 1.82. The molecule has 1 heterocycles. The van der Waals surface area contributed by atoms with Gasteiger partial charge in [-0.3, -0.25) is 14.4 Å². The van der Waals surface area contributed by atoms with Crippen molar-refractivity contribution < 1.29 is 19.1 Å². The van der Waals surface area contributed by atoms with E-state index in [1.54, 1.807) is 11.8 Å². The number of nitrogens with zero attached hydrogens (tertiary/aromatic N) is 1. The number of hydrogen-bond donors (Lipinski definition) is 0. The summed E-state index contributed by atoms with van der Waals surface area (Å²) in [6.07, 6.45) is 2.57. The Morgan fingerprint density at radius 2 is 2.12 bits per heavy atom. The number of amides is 1. The lowest BCUT2D eigenvalue weighted by atomic mass is 10.1. The van der Waals surface area contributed by atoms with Gasteiger partial charge in [-0.15, -0.1) is 0 Å². The van der Waals surface area contributed by atoms with E-state index in [1.807, 2.05) is 0 Å². The highest BCUT2D eigenvalue weighted by Gasteiger charge is 2.19. The minimum Gasteiger partial charge on any atom is -0.466 e. The van der Waals surface area contributed by atoms with Gasteiger partial charge in [-0.05, 0) is 19.8 Å². The predicted molar refractivity (Wildman–Crippen MR) is 61.3 cm³/mol. The number of carbonyl (C=O) groups is 3. The standard InChI is InChI=1S/C12H19NO4/c1-2-17-12(16)9-10(14)6-8-13-7-4-3-5-11(13)15/h2-9H2,1H3. The van der Waals surface area contributed by atoms with Gasteiger partial charge in [0.05, 0.1) is 6.61 Å². The third-order valence-electron chi connectivity index (χ3n) is 2.73. The SMILES string of the molecule is CCOC(=O)CC(=O)CCN1CCCCC1=O. The average Bonchev–Trinajstić information content (AvgIpc) is 2.28. The first-order valence-electron chi connectivity index (χ1n) is 6.08. The number of ether oxygens (including phenoxy) is 1. The first-order valence-corrected chi connectivity index (χ1v) is 6.08. The summed E-state index contributed by atoms with van der Waals surface area (Å²) in [4.78, 5) is 35.6. The van der Waals surface area contributed by atoms with Crippen LogP contribution in [0.1, 0.15) is 39.0 Å². The molecule has 0 aromatic heterocycles. The lowest BCUT2D eigenvalue weighted by Crippen LogP contribution is -2.36. The van der Waals surface area contributed by atoms with E-state index in [0.29, 0.717) is 13.0 Å². The van der Waals surface area contributed by atoms with Crippen molar-refractivity contribution in [2.24, 2.45) is 0 Å². The van der Waals surface area contributed by atoms with Gasteiger partial charge in [0.25, 0.3) is 0 Å². The number of hydrogen-bond acceptors (Lipinski definition) is 4. The van der Waals surface area contributed by atoms with E-state index >= 15 is 0 Å². The molecular weight excluding hydrogens is 222 g/mol. The third-order valence-corrected chi connectivity index (χ3v) is 2.73. The highest BCUT2D eigenvalue weighted by Crippen LogP contribution is 2.11. The molecule has 1 aliphatic heterocycles. The molecule has 0 saturated carbocycles. The Morgan fingerprint density at radius 1 is 1.35 bits per heavy atom. The Morgan fingerprint density at radius 3 is 2.76 bits per heavy atom. The van der Waals surface area contributed by atoms with Crippen LogP contribution in [0.15, 0.2) is 0 Å². The van der Waals surface area contributed by atoms with Crippen LogP contribution in [-0.2, 0) is 19.1 Å². The van der Waals surface area contributed by atoms with Crippen molar-refractivity contribution in [3.8, 4) is 0 Å². The van der Waals surface area contributed by atoms with Crippen molar-refractivity contribution in [2.45, 2.75) is 39.0 Å². The summed E-state index contributed by atoms with van der Waals surface area (Å²) in [7, 11) is 0. The summed E-state index contributed by atoms with van der Waals surface area (Å²) < 4.78 is 4.69. The van der Waals surface area contributed by atoms with Crippen molar-refractivity contribution >= 4 is 17.7 Å². The van der Waals surface area contributed by atoms with Gasteiger partial charge < -0.3 is 9.64 Å². The first kappa shape index (κ1) is 13.7. The Bertz CT molecular complexity index is 301. The number of rotatable bonds is 6. The molecule has 5 nitrogen and oxygen atoms in total. The molecule has 1 saturated heterocycles. The summed E-state index contributed by atoms with van der Waals surface area (Å²) in [5, 5.41) is 0. The molecule has 1 rings (SSSR count). The van der Waals surface area contributed by atoms with Gasteiger partial charge in [0, 0.05) is 25.9 Å². The molecule has 1 fully saturated rings. The van der Waals surface area contributed by atoms with E-state index in [-0.39, 0.29) is 31.1 Å². The van der Waals surface area contributed by atoms with Crippen molar-refractivity contribution in [3.63, 3.8) is 0 Å². The maximum Gasteiger partial charge on any atom is 0.313 e. The smallest absolute Gasteiger partial charge is 0.313 e. The maximum atomic E-state index is 11.5. The van der Waals surface area contributed by atoms with Gasteiger partial charge in [-0.1, -0.05) is 0 Å². The molecule has 96 valence electrons. The molecule has 0 radical (unpaired) electrons. The molecule has 5 heteroatoms. The zero-order valence-electron chi connectivity index (χ0n) is 10.2. The van der Waals surface area contributed by atoms with Gasteiger partial charge in [-0.25, -0.2) is 0 Å². The van der Waals surface area contributed by atoms with E-state index in [4.69, 9.17) is 0 Å². The molecule has 0 N–H and O–H groups in total. The fraction of sp³-hybridized carbons (Fsp3) is 0.750. The van der Waals surface area contributed by atoms with Gasteiger partial charge in [-0.2, -0.15) is 0 Å². The first-order chi connectivity index (χ1) is 8.13. The summed E-state index contributed by atoms with van der Waals surface area (Å²) in [6.45, 7) is 3.15. The third kappa shape index (κ3) is 4.97. The van der Waals surface area contributed by atoms with Crippen molar-refractivity contribution in [3.05, 3.63) is 0 Å². The molecule has 0 unspecified atom stereocenters. The lowest BCUT2D eigenvalue weighted by molar-refractivity contribution is -0.145. The van der Waals surface area contributed by atoms with Gasteiger partial charge >= 0.3 is 5.97 Å². The summed E-state index contributed by atoms with van der Waals surface area (Å²) in [5.74, 6) is -0.538. The van der Waals surface area contributed by atoms with Crippen molar-refractivity contribution in [1.29, 1.82) is 0 Å². The minimum atomic E-state index is -0.484. The van der Waals surface area contributed by atoms with Crippen LogP contribution in [-0.4, -0.2) is 42.3 Å². The molecule has 1 aliphatic rings. The molecule has 0 spiro atoms. The summed E-state index contributed by atoms with van der Waals surface area (Å²) in [5.41, 5.74) is 0. The minimum absolute atomic E-state index is 0.111. The van der Waals surface area contributed by atoms with E-state index in [2.05, 4.69) is 4.74 Å². The zero-order chi connectivity index (χ0) is 12.7.